The van der Waals surface area contributed by atoms with Crippen molar-refractivity contribution in [2.24, 2.45) is 0 Å². The smallest absolute Gasteiger partial charge is 0.237 e. The average molecular weight is 337 g/mol. The summed E-state index contributed by atoms with van der Waals surface area (Å²) in [7, 11) is 0. The van der Waals surface area contributed by atoms with Crippen LogP contribution >= 0.6 is 23.5 Å². The molecule has 0 spiro atoms. The second kappa shape index (κ2) is 7.64. The number of tetrazole rings is 1. The molecule has 1 aromatic heterocycles. The van der Waals surface area contributed by atoms with E-state index in [1.165, 1.54) is 11.8 Å². The van der Waals surface area contributed by atoms with Crippen LogP contribution in [-0.4, -0.2) is 37.6 Å². The zero-order valence-electron chi connectivity index (χ0n) is 13.0. The molecule has 1 unspecified atom stereocenters. The third kappa shape index (κ3) is 4.01. The molecule has 0 radical (unpaired) electrons. The van der Waals surface area contributed by atoms with Gasteiger partial charge in [-0.2, -0.15) is 0 Å². The van der Waals surface area contributed by atoms with Crippen LogP contribution in [0.1, 0.15) is 26.8 Å². The first-order valence-electron chi connectivity index (χ1n) is 6.91. The highest BCUT2D eigenvalue weighted by Gasteiger charge is 2.20. The summed E-state index contributed by atoms with van der Waals surface area (Å²) in [6.07, 6.45) is 1.99. The van der Waals surface area contributed by atoms with E-state index in [2.05, 4.69) is 20.8 Å². The van der Waals surface area contributed by atoms with Gasteiger partial charge in [-0.15, -0.1) is 16.9 Å². The summed E-state index contributed by atoms with van der Waals surface area (Å²) in [4.78, 5) is 13.4. The predicted molar refractivity (Wildman–Crippen MR) is 90.4 cm³/mol. The molecule has 0 aliphatic rings. The summed E-state index contributed by atoms with van der Waals surface area (Å²) in [6, 6.07) is 7.91. The minimum Gasteiger partial charge on any atom is -0.324 e. The van der Waals surface area contributed by atoms with E-state index in [-0.39, 0.29) is 17.2 Å². The monoisotopic (exact) mass is 337 g/mol. The molecule has 0 fully saturated rings. The quantitative estimate of drug-likeness (QED) is 0.817. The van der Waals surface area contributed by atoms with E-state index in [4.69, 9.17) is 0 Å². The Morgan fingerprint density at radius 3 is 2.68 bits per heavy atom. The molecule has 1 aromatic carbocycles. The van der Waals surface area contributed by atoms with Gasteiger partial charge in [0.05, 0.1) is 17.0 Å². The Morgan fingerprint density at radius 1 is 1.27 bits per heavy atom. The van der Waals surface area contributed by atoms with E-state index < -0.39 is 0 Å². The van der Waals surface area contributed by atoms with Crippen LogP contribution in [0, 0.1) is 0 Å². The molecule has 8 heteroatoms. The Morgan fingerprint density at radius 2 is 2.00 bits per heavy atom. The van der Waals surface area contributed by atoms with Crippen molar-refractivity contribution in [1.82, 2.24) is 20.2 Å². The first kappa shape index (κ1) is 16.8. The van der Waals surface area contributed by atoms with Gasteiger partial charge in [-0.1, -0.05) is 23.9 Å². The van der Waals surface area contributed by atoms with Gasteiger partial charge in [0.15, 0.2) is 0 Å². The van der Waals surface area contributed by atoms with E-state index >= 15 is 0 Å². The van der Waals surface area contributed by atoms with Crippen molar-refractivity contribution in [3.05, 3.63) is 24.3 Å². The van der Waals surface area contributed by atoms with Crippen LogP contribution in [0.25, 0.3) is 0 Å². The third-order valence-electron chi connectivity index (χ3n) is 2.97. The largest absolute Gasteiger partial charge is 0.324 e. The number of thioether (sulfide) groups is 2. The molecule has 1 heterocycles. The number of benzene rings is 1. The first-order valence-corrected chi connectivity index (χ1v) is 9.01. The second-order valence-electron chi connectivity index (χ2n) is 4.95. The Hall–Kier alpha value is -1.54. The molecule has 2 rings (SSSR count). The van der Waals surface area contributed by atoms with Crippen LogP contribution in [0.3, 0.4) is 0 Å². The molecular weight excluding hydrogens is 318 g/mol. The van der Waals surface area contributed by atoms with Crippen molar-refractivity contribution >= 4 is 35.1 Å². The van der Waals surface area contributed by atoms with Crippen molar-refractivity contribution < 1.29 is 4.79 Å². The number of hydrogen-bond donors (Lipinski definition) is 1. The Bertz CT molecular complexity index is 644. The molecule has 0 aliphatic carbocycles. The minimum atomic E-state index is -0.293. The zero-order chi connectivity index (χ0) is 16.1. The number of nitrogens with zero attached hydrogens (tertiary/aromatic N) is 4. The highest BCUT2D eigenvalue weighted by molar-refractivity contribution is 8.00. The fraction of sp³-hybridized carbons (Fsp3) is 0.429. The first-order chi connectivity index (χ1) is 10.5. The van der Waals surface area contributed by atoms with Gasteiger partial charge in [0.25, 0.3) is 0 Å². The lowest BCUT2D eigenvalue weighted by Gasteiger charge is -2.14. The van der Waals surface area contributed by atoms with Gasteiger partial charge in [0.1, 0.15) is 0 Å². The van der Waals surface area contributed by atoms with Gasteiger partial charge in [-0.25, -0.2) is 4.68 Å². The Kier molecular flexibility index (Phi) is 5.84. The number of amides is 1. The van der Waals surface area contributed by atoms with Crippen molar-refractivity contribution in [1.29, 1.82) is 0 Å². The molecule has 1 atom stereocenters. The number of para-hydroxylation sites is 1. The standard InChI is InChI=1S/C14H19N5OS2/c1-9(2)19-14(16-17-18-19)22-10(3)13(20)15-11-7-5-6-8-12(11)21-4/h5-10H,1-4H3,(H,15,20). The Balaban J connectivity index is 2.05. The fourth-order valence-corrected chi connectivity index (χ4v) is 3.26. The summed E-state index contributed by atoms with van der Waals surface area (Å²) in [5, 5.41) is 14.9. The molecule has 0 saturated carbocycles. The summed E-state index contributed by atoms with van der Waals surface area (Å²) in [6.45, 7) is 5.85. The summed E-state index contributed by atoms with van der Waals surface area (Å²) in [5.41, 5.74) is 0.830. The predicted octanol–water partition coefficient (Wildman–Crippen LogP) is 3.10. The number of anilines is 1. The van der Waals surface area contributed by atoms with Crippen LogP contribution in [0.5, 0.6) is 0 Å². The maximum Gasteiger partial charge on any atom is 0.237 e. The van der Waals surface area contributed by atoms with E-state index in [9.17, 15) is 4.79 Å². The Labute approximate surface area is 138 Å². The minimum absolute atomic E-state index is 0.0650. The third-order valence-corrected chi connectivity index (χ3v) is 4.81. The van der Waals surface area contributed by atoms with E-state index in [1.54, 1.807) is 16.4 Å². The SMILES string of the molecule is CSc1ccccc1NC(=O)C(C)Sc1nnnn1C(C)C. The lowest BCUT2D eigenvalue weighted by molar-refractivity contribution is -0.115. The van der Waals surface area contributed by atoms with Crippen LogP contribution in [-0.2, 0) is 4.79 Å². The lowest BCUT2D eigenvalue weighted by atomic mass is 10.3. The van der Waals surface area contributed by atoms with Gasteiger partial charge < -0.3 is 5.32 Å². The van der Waals surface area contributed by atoms with Gasteiger partial charge in [0.2, 0.25) is 11.1 Å². The number of carbonyl (C=O) groups excluding carboxylic acids is 1. The van der Waals surface area contributed by atoms with Crippen molar-refractivity contribution in [3.63, 3.8) is 0 Å². The topological polar surface area (TPSA) is 72.7 Å². The van der Waals surface area contributed by atoms with E-state index in [0.717, 1.165) is 10.6 Å². The van der Waals surface area contributed by atoms with Crippen molar-refractivity contribution in [2.75, 3.05) is 11.6 Å². The molecule has 22 heavy (non-hydrogen) atoms. The second-order valence-corrected chi connectivity index (χ2v) is 7.11. The fourth-order valence-electron chi connectivity index (χ4n) is 1.78. The molecule has 0 bridgehead atoms. The zero-order valence-corrected chi connectivity index (χ0v) is 14.6. The average Bonchev–Trinajstić information content (AvgIpc) is 2.96. The summed E-state index contributed by atoms with van der Waals surface area (Å²) >= 11 is 2.96. The van der Waals surface area contributed by atoms with Crippen molar-refractivity contribution in [2.45, 2.75) is 42.1 Å². The van der Waals surface area contributed by atoms with E-state index in [1.807, 2.05) is 51.3 Å². The molecule has 0 saturated heterocycles. The number of rotatable bonds is 6. The van der Waals surface area contributed by atoms with Crippen LogP contribution < -0.4 is 5.32 Å². The van der Waals surface area contributed by atoms with Gasteiger partial charge in [-0.3, -0.25) is 4.79 Å². The van der Waals surface area contributed by atoms with Crippen LogP contribution in [0.4, 0.5) is 5.69 Å². The van der Waals surface area contributed by atoms with Crippen LogP contribution in [0.2, 0.25) is 0 Å². The van der Waals surface area contributed by atoms with Crippen molar-refractivity contribution in [3.8, 4) is 0 Å². The van der Waals surface area contributed by atoms with Crippen LogP contribution in [0.15, 0.2) is 34.3 Å². The maximum atomic E-state index is 12.4. The molecular formula is C14H19N5OS2. The highest BCUT2D eigenvalue weighted by Crippen LogP contribution is 2.27. The van der Waals surface area contributed by atoms with E-state index in [0.29, 0.717) is 5.16 Å². The number of hydrogen-bond acceptors (Lipinski definition) is 6. The molecule has 2 aromatic rings. The highest BCUT2D eigenvalue weighted by atomic mass is 32.2. The normalized spacial score (nSPS) is 12.4. The lowest BCUT2D eigenvalue weighted by Crippen LogP contribution is -2.23. The summed E-state index contributed by atoms with van der Waals surface area (Å²) in [5.74, 6) is -0.0650. The number of aromatic nitrogens is 4. The number of nitrogens with one attached hydrogen (secondary N) is 1. The van der Waals surface area contributed by atoms with Gasteiger partial charge in [-0.05, 0) is 49.6 Å². The molecule has 1 N–H and O–H groups in total. The molecule has 6 nitrogen and oxygen atoms in total. The molecule has 118 valence electrons. The number of carbonyl (C=O) groups is 1. The molecule has 0 aliphatic heterocycles. The van der Waals surface area contributed by atoms with Gasteiger partial charge in [0, 0.05) is 4.90 Å². The van der Waals surface area contributed by atoms with Gasteiger partial charge >= 0.3 is 0 Å². The molecule has 1 amide bonds. The summed E-state index contributed by atoms with van der Waals surface area (Å²) < 4.78 is 1.71. The maximum absolute atomic E-state index is 12.4.